The highest BCUT2D eigenvalue weighted by Crippen LogP contribution is 2.45. The van der Waals surface area contributed by atoms with Crippen LogP contribution in [0.3, 0.4) is 0 Å². The molecule has 3 aliphatic rings. The van der Waals surface area contributed by atoms with Crippen LogP contribution in [-0.4, -0.2) is 54.4 Å². The monoisotopic (exact) mass is 384 g/mol. The van der Waals surface area contributed by atoms with Gasteiger partial charge < -0.3 is 14.5 Å². The van der Waals surface area contributed by atoms with Crippen molar-refractivity contribution in [3.8, 4) is 5.75 Å². The van der Waals surface area contributed by atoms with Gasteiger partial charge in [0.25, 0.3) is 0 Å². The largest absolute Gasteiger partial charge is 0.497 e. The van der Waals surface area contributed by atoms with Crippen molar-refractivity contribution in [1.29, 1.82) is 0 Å². The molecule has 28 heavy (non-hydrogen) atoms. The molecule has 4 rings (SSSR count). The van der Waals surface area contributed by atoms with E-state index >= 15 is 0 Å². The maximum Gasteiger partial charge on any atom is 0.233 e. The molecule has 0 unspecified atom stereocenters. The van der Waals surface area contributed by atoms with Gasteiger partial charge in [0.1, 0.15) is 5.75 Å². The topological polar surface area (TPSA) is 49.9 Å². The summed E-state index contributed by atoms with van der Waals surface area (Å²) in [5.41, 5.74) is 0.755. The van der Waals surface area contributed by atoms with Crippen LogP contribution in [-0.2, 0) is 15.0 Å². The Kier molecular flexibility index (Phi) is 5.35. The number of hydrogen-bond donors (Lipinski definition) is 0. The predicted octanol–water partition coefficient (Wildman–Crippen LogP) is 3.37. The lowest BCUT2D eigenvalue weighted by Gasteiger charge is -2.49. The van der Waals surface area contributed by atoms with Crippen LogP contribution in [0.5, 0.6) is 5.75 Å². The second kappa shape index (κ2) is 7.76. The predicted molar refractivity (Wildman–Crippen MR) is 108 cm³/mol. The highest BCUT2D eigenvalue weighted by Gasteiger charge is 2.48. The van der Waals surface area contributed by atoms with Crippen molar-refractivity contribution < 1.29 is 14.3 Å². The third-order valence-electron chi connectivity index (χ3n) is 7.28. The molecule has 0 N–H and O–H groups in total. The molecule has 5 heteroatoms. The molecule has 2 heterocycles. The maximum atomic E-state index is 14.0. The summed E-state index contributed by atoms with van der Waals surface area (Å²) in [6.45, 7) is 4.09. The Morgan fingerprint density at radius 2 is 1.75 bits per heavy atom. The Morgan fingerprint density at radius 1 is 1.04 bits per heavy atom. The van der Waals surface area contributed by atoms with E-state index in [9.17, 15) is 9.59 Å². The van der Waals surface area contributed by atoms with Gasteiger partial charge in [-0.05, 0) is 55.7 Å². The van der Waals surface area contributed by atoms with Crippen molar-refractivity contribution in [3.63, 3.8) is 0 Å². The highest BCUT2D eigenvalue weighted by molar-refractivity contribution is 5.89. The van der Waals surface area contributed by atoms with E-state index in [1.165, 1.54) is 0 Å². The molecule has 0 radical (unpaired) electrons. The molecule has 2 aliphatic heterocycles. The standard InChI is InChI=1S/C23H32N2O3/c1-17(26)24-15-11-21-18(16-24)6-5-14-25(21)22(27)23(12-3-4-13-23)19-7-9-20(28-2)10-8-19/h7-10,18,21H,3-6,11-16H2,1-2H3/t18-,21+/m1/s1. The minimum absolute atomic E-state index is 0.160. The number of piperidine rings is 2. The molecule has 0 spiro atoms. The first-order valence-electron chi connectivity index (χ1n) is 10.8. The van der Waals surface area contributed by atoms with Crippen LogP contribution in [0, 0.1) is 5.92 Å². The number of amides is 2. The van der Waals surface area contributed by atoms with Gasteiger partial charge in [0.05, 0.1) is 12.5 Å². The fraction of sp³-hybridized carbons (Fsp3) is 0.652. The molecule has 0 aromatic heterocycles. The number of carbonyl (C=O) groups is 2. The summed E-state index contributed by atoms with van der Waals surface area (Å²) < 4.78 is 5.31. The van der Waals surface area contributed by atoms with Crippen LogP contribution < -0.4 is 4.74 Å². The van der Waals surface area contributed by atoms with Gasteiger partial charge in [0.2, 0.25) is 11.8 Å². The minimum Gasteiger partial charge on any atom is -0.497 e. The van der Waals surface area contributed by atoms with Gasteiger partial charge in [-0.2, -0.15) is 0 Å². The number of ether oxygens (including phenoxy) is 1. The van der Waals surface area contributed by atoms with Gasteiger partial charge in [-0.1, -0.05) is 25.0 Å². The summed E-state index contributed by atoms with van der Waals surface area (Å²) in [4.78, 5) is 29.9. The second-order valence-corrected chi connectivity index (χ2v) is 8.74. The maximum absolute atomic E-state index is 14.0. The first-order valence-corrected chi connectivity index (χ1v) is 10.8. The molecule has 152 valence electrons. The molecule has 2 amide bonds. The molecular formula is C23H32N2O3. The number of carbonyl (C=O) groups excluding carboxylic acids is 2. The number of methoxy groups -OCH3 is 1. The van der Waals surface area contributed by atoms with E-state index in [0.717, 1.165) is 75.9 Å². The van der Waals surface area contributed by atoms with E-state index in [4.69, 9.17) is 4.74 Å². The van der Waals surface area contributed by atoms with Gasteiger partial charge >= 0.3 is 0 Å². The van der Waals surface area contributed by atoms with Crippen LogP contribution in [0.2, 0.25) is 0 Å². The zero-order chi connectivity index (χ0) is 19.7. The second-order valence-electron chi connectivity index (χ2n) is 8.74. The van der Waals surface area contributed by atoms with E-state index in [1.807, 2.05) is 17.0 Å². The van der Waals surface area contributed by atoms with Gasteiger partial charge in [0.15, 0.2) is 0 Å². The van der Waals surface area contributed by atoms with Gasteiger partial charge in [-0.3, -0.25) is 9.59 Å². The molecular weight excluding hydrogens is 352 g/mol. The smallest absolute Gasteiger partial charge is 0.233 e. The van der Waals surface area contributed by atoms with Gasteiger partial charge in [0, 0.05) is 32.6 Å². The average molecular weight is 385 g/mol. The Hall–Kier alpha value is -2.04. The molecule has 3 fully saturated rings. The van der Waals surface area contributed by atoms with E-state index in [1.54, 1.807) is 14.0 Å². The van der Waals surface area contributed by atoms with E-state index in [-0.39, 0.29) is 17.4 Å². The van der Waals surface area contributed by atoms with Gasteiger partial charge in [-0.15, -0.1) is 0 Å². The summed E-state index contributed by atoms with van der Waals surface area (Å²) in [5.74, 6) is 1.73. The molecule has 2 saturated heterocycles. The fourth-order valence-electron chi connectivity index (χ4n) is 5.73. The quantitative estimate of drug-likeness (QED) is 0.803. The Labute approximate surface area is 168 Å². The molecule has 5 nitrogen and oxygen atoms in total. The number of hydrogen-bond acceptors (Lipinski definition) is 3. The minimum atomic E-state index is -0.383. The van der Waals surface area contributed by atoms with Crippen molar-refractivity contribution >= 4 is 11.8 Å². The molecule has 0 bridgehead atoms. The normalized spacial score (nSPS) is 26.6. The summed E-state index contributed by atoms with van der Waals surface area (Å²) in [6, 6.07) is 8.41. The molecule has 2 atom stereocenters. The third-order valence-corrected chi connectivity index (χ3v) is 7.28. The van der Waals surface area contributed by atoms with Crippen LogP contribution in [0.4, 0.5) is 0 Å². The van der Waals surface area contributed by atoms with E-state index < -0.39 is 0 Å². The van der Waals surface area contributed by atoms with Crippen molar-refractivity contribution in [3.05, 3.63) is 29.8 Å². The zero-order valence-electron chi connectivity index (χ0n) is 17.2. The van der Waals surface area contributed by atoms with Gasteiger partial charge in [-0.25, -0.2) is 0 Å². The fourth-order valence-corrected chi connectivity index (χ4v) is 5.73. The zero-order valence-corrected chi connectivity index (χ0v) is 17.2. The average Bonchev–Trinajstić information content (AvgIpc) is 3.23. The Balaban J connectivity index is 1.59. The molecule has 1 saturated carbocycles. The van der Waals surface area contributed by atoms with Crippen molar-refractivity contribution in [2.75, 3.05) is 26.7 Å². The first-order chi connectivity index (χ1) is 13.5. The first kappa shape index (κ1) is 19.3. The van der Waals surface area contributed by atoms with Crippen LogP contribution in [0.1, 0.15) is 57.4 Å². The lowest BCUT2D eigenvalue weighted by Crippen LogP contribution is -2.59. The number of rotatable bonds is 3. The third kappa shape index (κ3) is 3.29. The molecule has 1 aromatic carbocycles. The van der Waals surface area contributed by atoms with Crippen LogP contribution >= 0.6 is 0 Å². The number of nitrogens with zero attached hydrogens (tertiary/aromatic N) is 2. The van der Waals surface area contributed by atoms with Crippen LogP contribution in [0.15, 0.2) is 24.3 Å². The van der Waals surface area contributed by atoms with Crippen molar-refractivity contribution in [2.45, 2.75) is 63.3 Å². The summed E-state index contributed by atoms with van der Waals surface area (Å²) >= 11 is 0. The lowest BCUT2D eigenvalue weighted by molar-refractivity contribution is -0.146. The SMILES string of the molecule is COc1ccc(C2(C(=O)N3CCC[C@@H]4CN(C(C)=O)CC[C@@H]43)CCCC2)cc1. The van der Waals surface area contributed by atoms with Crippen molar-refractivity contribution in [1.82, 2.24) is 9.80 Å². The van der Waals surface area contributed by atoms with E-state index in [0.29, 0.717) is 11.8 Å². The summed E-state index contributed by atoms with van der Waals surface area (Å²) in [7, 11) is 1.67. The Bertz CT molecular complexity index is 724. The summed E-state index contributed by atoms with van der Waals surface area (Å²) in [5, 5.41) is 0. The van der Waals surface area contributed by atoms with E-state index in [2.05, 4.69) is 17.0 Å². The number of likely N-dealkylation sites (tertiary alicyclic amines) is 2. The van der Waals surface area contributed by atoms with Crippen LogP contribution in [0.25, 0.3) is 0 Å². The number of benzene rings is 1. The Morgan fingerprint density at radius 3 is 2.39 bits per heavy atom. The number of fused-ring (bicyclic) bond motifs is 1. The molecule has 1 aliphatic carbocycles. The highest BCUT2D eigenvalue weighted by atomic mass is 16.5. The lowest BCUT2D eigenvalue weighted by atomic mass is 9.75. The molecule has 1 aromatic rings. The summed E-state index contributed by atoms with van der Waals surface area (Å²) in [6.07, 6.45) is 7.16. The van der Waals surface area contributed by atoms with Crippen molar-refractivity contribution in [2.24, 2.45) is 5.92 Å².